The number of hydrogen-bond acceptors (Lipinski definition) is 7. The highest BCUT2D eigenvalue weighted by molar-refractivity contribution is 5.32. The molecule has 1 saturated heterocycles. The summed E-state index contributed by atoms with van der Waals surface area (Å²) in [5, 5.41) is 31.9. The van der Waals surface area contributed by atoms with Gasteiger partial charge in [-0.05, 0) is 18.1 Å². The molecule has 0 saturated carbocycles. The Morgan fingerprint density at radius 2 is 1.92 bits per heavy atom. The van der Waals surface area contributed by atoms with Crippen molar-refractivity contribution in [2.24, 2.45) is 0 Å². The van der Waals surface area contributed by atoms with Gasteiger partial charge in [0.25, 0.3) is 0 Å². The van der Waals surface area contributed by atoms with E-state index in [2.05, 4.69) is 10.3 Å². The zero-order valence-electron chi connectivity index (χ0n) is 13.5. The number of hydrogen-bond donors (Lipinski definition) is 4. The van der Waals surface area contributed by atoms with Crippen LogP contribution in [0.15, 0.2) is 47.4 Å². The maximum Gasteiger partial charge on any atom is 0.351 e. The third kappa shape index (κ3) is 3.88. The van der Waals surface area contributed by atoms with Crippen molar-refractivity contribution in [1.82, 2.24) is 9.55 Å². The van der Waals surface area contributed by atoms with Crippen molar-refractivity contribution in [3.8, 4) is 0 Å². The molecule has 2 heterocycles. The van der Waals surface area contributed by atoms with E-state index in [0.29, 0.717) is 12.4 Å². The fourth-order valence-electron chi connectivity index (χ4n) is 2.79. The van der Waals surface area contributed by atoms with E-state index in [0.717, 1.165) is 11.0 Å². The molecule has 1 fully saturated rings. The molecule has 3 rings (SSSR count). The van der Waals surface area contributed by atoms with Crippen molar-refractivity contribution in [3.63, 3.8) is 0 Å². The molecule has 8 nitrogen and oxygen atoms in total. The van der Waals surface area contributed by atoms with E-state index < -0.39 is 36.8 Å². The van der Waals surface area contributed by atoms with Gasteiger partial charge in [-0.25, -0.2) is 4.79 Å². The van der Waals surface area contributed by atoms with Crippen molar-refractivity contribution in [3.05, 3.63) is 58.6 Å². The van der Waals surface area contributed by atoms with E-state index in [-0.39, 0.29) is 0 Å². The molecule has 0 spiro atoms. The van der Waals surface area contributed by atoms with Gasteiger partial charge in [-0.3, -0.25) is 4.57 Å². The highest BCUT2D eigenvalue weighted by Gasteiger charge is 2.43. The number of aliphatic hydroxyl groups excluding tert-OH is 3. The Balaban J connectivity index is 1.64. The lowest BCUT2D eigenvalue weighted by molar-refractivity contribution is -0.0549. The third-order valence-electron chi connectivity index (χ3n) is 4.18. The predicted octanol–water partition coefficient (Wildman–Crippen LogP) is -0.491. The molecule has 134 valence electrons. The first kappa shape index (κ1) is 17.6. The van der Waals surface area contributed by atoms with Crippen molar-refractivity contribution >= 4 is 5.82 Å². The fourth-order valence-corrected chi connectivity index (χ4v) is 2.79. The normalized spacial score (nSPS) is 25.9. The Morgan fingerprint density at radius 3 is 2.56 bits per heavy atom. The van der Waals surface area contributed by atoms with Crippen LogP contribution in [-0.2, 0) is 11.2 Å². The molecule has 1 aromatic heterocycles. The maximum atomic E-state index is 12.2. The van der Waals surface area contributed by atoms with E-state index in [9.17, 15) is 15.0 Å². The predicted molar refractivity (Wildman–Crippen MR) is 90.1 cm³/mol. The molecule has 4 atom stereocenters. The van der Waals surface area contributed by atoms with Crippen molar-refractivity contribution < 1.29 is 20.1 Å². The number of rotatable bonds is 6. The lowest BCUT2D eigenvalue weighted by Crippen LogP contribution is -2.36. The van der Waals surface area contributed by atoms with Crippen LogP contribution in [0, 0.1) is 0 Å². The monoisotopic (exact) mass is 347 g/mol. The number of nitrogens with zero attached hydrogens (tertiary/aromatic N) is 2. The summed E-state index contributed by atoms with van der Waals surface area (Å²) in [5.74, 6) is 0.420. The first-order chi connectivity index (χ1) is 12.1. The first-order valence-electron chi connectivity index (χ1n) is 8.09. The van der Waals surface area contributed by atoms with Crippen molar-refractivity contribution in [2.45, 2.75) is 31.0 Å². The first-order valence-corrected chi connectivity index (χ1v) is 8.09. The molecule has 25 heavy (non-hydrogen) atoms. The zero-order chi connectivity index (χ0) is 17.8. The van der Waals surface area contributed by atoms with Crippen LogP contribution in [0.1, 0.15) is 11.8 Å². The lowest BCUT2D eigenvalue weighted by Gasteiger charge is -2.17. The molecule has 8 heteroatoms. The second kappa shape index (κ2) is 7.75. The second-order valence-electron chi connectivity index (χ2n) is 5.89. The van der Waals surface area contributed by atoms with E-state index in [4.69, 9.17) is 9.84 Å². The Hall–Kier alpha value is -2.26. The summed E-state index contributed by atoms with van der Waals surface area (Å²) in [5.41, 5.74) is 0.564. The Kier molecular flexibility index (Phi) is 5.44. The van der Waals surface area contributed by atoms with Crippen LogP contribution < -0.4 is 11.0 Å². The van der Waals surface area contributed by atoms with Gasteiger partial charge in [0.1, 0.15) is 24.1 Å². The summed E-state index contributed by atoms with van der Waals surface area (Å²) in [7, 11) is 0. The summed E-state index contributed by atoms with van der Waals surface area (Å²) < 4.78 is 6.44. The highest BCUT2D eigenvalue weighted by atomic mass is 16.6. The summed E-state index contributed by atoms with van der Waals surface area (Å²) >= 11 is 0. The number of nitrogens with one attached hydrogen (secondary N) is 1. The van der Waals surface area contributed by atoms with Gasteiger partial charge in [0, 0.05) is 12.7 Å². The van der Waals surface area contributed by atoms with Crippen molar-refractivity contribution in [1.29, 1.82) is 0 Å². The SMILES string of the molecule is O=c1nc(NCCc2ccccc2)ccn1C1OC(CO)C(O)C1O. The number of aromatic nitrogens is 2. The Morgan fingerprint density at radius 1 is 1.16 bits per heavy atom. The van der Waals surface area contributed by atoms with Crippen LogP contribution in [0.2, 0.25) is 0 Å². The average molecular weight is 347 g/mol. The minimum atomic E-state index is -1.31. The molecule has 1 aliphatic heterocycles. The summed E-state index contributed by atoms with van der Waals surface area (Å²) in [6, 6.07) is 11.5. The largest absolute Gasteiger partial charge is 0.394 e. The van der Waals surface area contributed by atoms with Gasteiger partial charge in [0.15, 0.2) is 6.23 Å². The van der Waals surface area contributed by atoms with Gasteiger partial charge in [0.2, 0.25) is 0 Å². The molecule has 1 aliphatic rings. The topological polar surface area (TPSA) is 117 Å². The highest BCUT2D eigenvalue weighted by Crippen LogP contribution is 2.28. The zero-order valence-corrected chi connectivity index (χ0v) is 13.5. The van der Waals surface area contributed by atoms with Gasteiger partial charge in [-0.15, -0.1) is 0 Å². The molecule has 0 radical (unpaired) electrons. The van der Waals surface area contributed by atoms with Gasteiger partial charge >= 0.3 is 5.69 Å². The number of ether oxygens (including phenoxy) is 1. The Bertz CT molecular complexity index is 751. The summed E-state index contributed by atoms with van der Waals surface area (Å²) in [6.07, 6.45) is -2.35. The molecule has 2 aromatic rings. The molecular formula is C17H21N3O5. The lowest BCUT2D eigenvalue weighted by atomic mass is 10.1. The van der Waals surface area contributed by atoms with Crippen LogP contribution in [0.5, 0.6) is 0 Å². The van der Waals surface area contributed by atoms with Gasteiger partial charge < -0.3 is 25.4 Å². The minimum absolute atomic E-state index is 0.420. The quantitative estimate of drug-likeness (QED) is 0.557. The molecule has 0 amide bonds. The van der Waals surface area contributed by atoms with E-state index in [1.807, 2.05) is 30.3 Å². The number of anilines is 1. The van der Waals surface area contributed by atoms with Crippen LogP contribution in [0.25, 0.3) is 0 Å². The number of aliphatic hydroxyl groups is 3. The number of benzene rings is 1. The fraction of sp³-hybridized carbons (Fsp3) is 0.412. The van der Waals surface area contributed by atoms with Gasteiger partial charge in [-0.2, -0.15) is 4.98 Å². The molecule has 1 aromatic carbocycles. The van der Waals surface area contributed by atoms with E-state index in [1.54, 1.807) is 6.07 Å². The molecule has 0 bridgehead atoms. The molecule has 4 unspecified atom stereocenters. The smallest absolute Gasteiger partial charge is 0.351 e. The van der Waals surface area contributed by atoms with Crippen LogP contribution >= 0.6 is 0 Å². The third-order valence-corrected chi connectivity index (χ3v) is 4.18. The van der Waals surface area contributed by atoms with Gasteiger partial charge in [-0.1, -0.05) is 30.3 Å². The summed E-state index contributed by atoms with van der Waals surface area (Å²) in [4.78, 5) is 16.1. The van der Waals surface area contributed by atoms with E-state index in [1.165, 1.54) is 11.8 Å². The molecular weight excluding hydrogens is 326 g/mol. The summed E-state index contributed by atoms with van der Waals surface area (Å²) in [6.45, 7) is 0.171. The van der Waals surface area contributed by atoms with E-state index >= 15 is 0 Å². The maximum absolute atomic E-state index is 12.2. The van der Waals surface area contributed by atoms with Crippen LogP contribution in [0.4, 0.5) is 5.82 Å². The standard InChI is InChI=1S/C17H21N3O5/c21-10-12-14(22)15(23)16(25-12)20-9-7-13(19-17(20)24)18-8-6-11-4-2-1-3-5-11/h1-5,7,9,12,14-16,21-23H,6,8,10H2,(H,18,19,24). The average Bonchev–Trinajstić information content (AvgIpc) is 2.91. The van der Waals surface area contributed by atoms with Gasteiger partial charge in [0.05, 0.1) is 6.61 Å². The van der Waals surface area contributed by atoms with Crippen LogP contribution in [-0.4, -0.2) is 56.3 Å². The van der Waals surface area contributed by atoms with Crippen LogP contribution in [0.3, 0.4) is 0 Å². The molecule has 4 N–H and O–H groups in total. The van der Waals surface area contributed by atoms with Crippen molar-refractivity contribution in [2.75, 3.05) is 18.5 Å². The minimum Gasteiger partial charge on any atom is -0.394 e. The molecule has 0 aliphatic carbocycles. The Labute approximate surface area is 144 Å². The second-order valence-corrected chi connectivity index (χ2v) is 5.89.